The number of nitrogens with zero attached hydrogens (tertiary/aromatic N) is 2. The standard InChI is InChI=1S/C12H12N2O2/c15-9-5-1-3-7-11(9)14-12-8(13-7)4-2-6-10(12)16/h1,3,5,10,15-16H,2,4,6H2. The van der Waals surface area contributed by atoms with Crippen LogP contribution in [0.3, 0.4) is 0 Å². The molecule has 2 N–H and O–H groups in total. The van der Waals surface area contributed by atoms with Gasteiger partial charge in [-0.15, -0.1) is 0 Å². The first kappa shape index (κ1) is 9.54. The van der Waals surface area contributed by atoms with Crippen molar-refractivity contribution >= 4 is 11.0 Å². The van der Waals surface area contributed by atoms with E-state index in [1.807, 2.05) is 6.07 Å². The molecule has 4 heteroatoms. The molecule has 0 saturated carbocycles. The minimum absolute atomic E-state index is 0.116. The number of hydrogen-bond acceptors (Lipinski definition) is 4. The number of aromatic nitrogens is 2. The quantitative estimate of drug-likeness (QED) is 0.703. The second-order valence-electron chi connectivity index (χ2n) is 4.11. The van der Waals surface area contributed by atoms with Gasteiger partial charge in [0.25, 0.3) is 0 Å². The van der Waals surface area contributed by atoms with Crippen LogP contribution in [0.1, 0.15) is 30.3 Å². The molecule has 1 aromatic carbocycles. The largest absolute Gasteiger partial charge is 0.506 e. The lowest BCUT2D eigenvalue weighted by Crippen LogP contribution is -2.13. The number of benzene rings is 1. The van der Waals surface area contributed by atoms with Crippen molar-refractivity contribution in [3.8, 4) is 5.75 Å². The van der Waals surface area contributed by atoms with Crippen molar-refractivity contribution in [2.75, 3.05) is 0 Å². The summed E-state index contributed by atoms with van der Waals surface area (Å²) in [6, 6.07) is 5.15. The smallest absolute Gasteiger partial charge is 0.143 e. The van der Waals surface area contributed by atoms with Crippen molar-refractivity contribution in [2.45, 2.75) is 25.4 Å². The second-order valence-corrected chi connectivity index (χ2v) is 4.11. The summed E-state index contributed by atoms with van der Waals surface area (Å²) in [4.78, 5) is 8.78. The van der Waals surface area contributed by atoms with Gasteiger partial charge in [-0.05, 0) is 31.4 Å². The summed E-state index contributed by atoms with van der Waals surface area (Å²) in [5.74, 6) is 0.116. The maximum Gasteiger partial charge on any atom is 0.143 e. The number of aromatic hydroxyl groups is 1. The predicted molar refractivity (Wildman–Crippen MR) is 59.1 cm³/mol. The van der Waals surface area contributed by atoms with Crippen LogP contribution in [0.4, 0.5) is 0 Å². The number of aryl methyl sites for hydroxylation is 1. The highest BCUT2D eigenvalue weighted by Crippen LogP contribution is 2.30. The normalized spacial score (nSPS) is 19.7. The van der Waals surface area contributed by atoms with E-state index in [0.717, 1.165) is 25.0 Å². The summed E-state index contributed by atoms with van der Waals surface area (Å²) in [5.41, 5.74) is 2.65. The fourth-order valence-electron chi connectivity index (χ4n) is 2.16. The van der Waals surface area contributed by atoms with Gasteiger partial charge in [0.15, 0.2) is 0 Å². The van der Waals surface area contributed by atoms with Gasteiger partial charge in [0.05, 0.1) is 23.0 Å². The molecule has 0 radical (unpaired) electrons. The highest BCUT2D eigenvalue weighted by molar-refractivity contribution is 5.80. The zero-order valence-electron chi connectivity index (χ0n) is 8.72. The highest BCUT2D eigenvalue weighted by Gasteiger charge is 2.21. The molecule has 2 aromatic rings. The van der Waals surface area contributed by atoms with E-state index in [4.69, 9.17) is 0 Å². The Balaban J connectivity index is 2.31. The van der Waals surface area contributed by atoms with E-state index in [1.54, 1.807) is 12.1 Å². The Morgan fingerprint density at radius 3 is 3.00 bits per heavy atom. The lowest BCUT2D eigenvalue weighted by molar-refractivity contribution is 0.151. The van der Waals surface area contributed by atoms with Crippen molar-refractivity contribution in [1.82, 2.24) is 9.97 Å². The summed E-state index contributed by atoms with van der Waals surface area (Å²) in [6.07, 6.45) is 1.97. The third-order valence-corrected chi connectivity index (χ3v) is 2.98. The van der Waals surface area contributed by atoms with E-state index in [2.05, 4.69) is 9.97 Å². The maximum atomic E-state index is 9.83. The van der Waals surface area contributed by atoms with Gasteiger partial charge in [-0.2, -0.15) is 0 Å². The van der Waals surface area contributed by atoms with Crippen LogP contribution in [0.15, 0.2) is 18.2 Å². The Morgan fingerprint density at radius 1 is 1.25 bits per heavy atom. The Bertz CT molecular complexity index is 554. The minimum atomic E-state index is -0.541. The molecule has 0 bridgehead atoms. The average molecular weight is 216 g/mol. The first-order valence-electron chi connectivity index (χ1n) is 5.42. The van der Waals surface area contributed by atoms with Gasteiger partial charge in [-0.3, -0.25) is 0 Å². The molecule has 3 rings (SSSR count). The van der Waals surface area contributed by atoms with Crippen LogP contribution in [0.25, 0.3) is 11.0 Å². The molecule has 1 heterocycles. The van der Waals surface area contributed by atoms with E-state index in [-0.39, 0.29) is 5.75 Å². The Kier molecular flexibility index (Phi) is 2.04. The van der Waals surface area contributed by atoms with E-state index in [1.165, 1.54) is 0 Å². The Hall–Kier alpha value is -1.68. The number of hydrogen-bond donors (Lipinski definition) is 2. The van der Waals surface area contributed by atoms with E-state index in [9.17, 15) is 10.2 Å². The van der Waals surface area contributed by atoms with Gasteiger partial charge in [-0.25, -0.2) is 9.97 Å². The highest BCUT2D eigenvalue weighted by atomic mass is 16.3. The monoisotopic (exact) mass is 216 g/mol. The second kappa shape index (κ2) is 3.42. The molecule has 0 saturated heterocycles. The van der Waals surface area contributed by atoms with Crippen molar-refractivity contribution in [3.63, 3.8) is 0 Å². The molecule has 16 heavy (non-hydrogen) atoms. The van der Waals surface area contributed by atoms with Crippen molar-refractivity contribution < 1.29 is 10.2 Å². The third-order valence-electron chi connectivity index (χ3n) is 2.98. The van der Waals surface area contributed by atoms with Crippen molar-refractivity contribution in [2.24, 2.45) is 0 Å². The van der Waals surface area contributed by atoms with Gasteiger partial charge in [0.2, 0.25) is 0 Å². The molecule has 82 valence electrons. The molecule has 1 aromatic heterocycles. The predicted octanol–water partition coefficient (Wildman–Crippen LogP) is 1.71. The molecule has 0 fully saturated rings. The number of para-hydroxylation sites is 1. The molecule has 1 aliphatic rings. The van der Waals surface area contributed by atoms with Gasteiger partial charge < -0.3 is 10.2 Å². The van der Waals surface area contributed by atoms with Crippen molar-refractivity contribution in [3.05, 3.63) is 29.6 Å². The minimum Gasteiger partial charge on any atom is -0.506 e. The van der Waals surface area contributed by atoms with Crippen LogP contribution < -0.4 is 0 Å². The van der Waals surface area contributed by atoms with Gasteiger partial charge in [0, 0.05) is 0 Å². The van der Waals surface area contributed by atoms with Gasteiger partial charge in [0.1, 0.15) is 11.3 Å². The first-order chi connectivity index (χ1) is 7.75. The molecule has 1 atom stereocenters. The fraction of sp³-hybridized carbons (Fsp3) is 0.333. The SMILES string of the molecule is Oc1cccc2nc3c(nc12)C(O)CCC3. The topological polar surface area (TPSA) is 66.2 Å². The lowest BCUT2D eigenvalue weighted by Gasteiger charge is -2.19. The van der Waals surface area contributed by atoms with Crippen LogP contribution in [-0.2, 0) is 6.42 Å². The molecule has 1 aliphatic carbocycles. The Morgan fingerprint density at radius 2 is 2.12 bits per heavy atom. The van der Waals surface area contributed by atoms with E-state index >= 15 is 0 Å². The van der Waals surface area contributed by atoms with Crippen LogP contribution in [0, 0.1) is 0 Å². The third kappa shape index (κ3) is 1.34. The average Bonchev–Trinajstić information content (AvgIpc) is 2.28. The molecule has 4 nitrogen and oxygen atoms in total. The van der Waals surface area contributed by atoms with Gasteiger partial charge >= 0.3 is 0 Å². The van der Waals surface area contributed by atoms with Crippen LogP contribution in [0.2, 0.25) is 0 Å². The summed E-state index contributed by atoms with van der Waals surface area (Å²) in [5, 5.41) is 19.5. The van der Waals surface area contributed by atoms with Crippen LogP contribution >= 0.6 is 0 Å². The maximum absolute atomic E-state index is 9.83. The zero-order chi connectivity index (χ0) is 11.1. The van der Waals surface area contributed by atoms with Gasteiger partial charge in [-0.1, -0.05) is 6.07 Å². The lowest BCUT2D eigenvalue weighted by atomic mass is 9.97. The molecular formula is C12H12N2O2. The summed E-state index contributed by atoms with van der Waals surface area (Å²) in [7, 11) is 0. The number of fused-ring (bicyclic) bond motifs is 2. The number of aliphatic hydroxyl groups excluding tert-OH is 1. The van der Waals surface area contributed by atoms with E-state index < -0.39 is 6.10 Å². The zero-order valence-corrected chi connectivity index (χ0v) is 8.72. The molecule has 0 spiro atoms. The number of phenolic OH excluding ortho intramolecular Hbond substituents is 1. The molecule has 1 unspecified atom stereocenters. The van der Waals surface area contributed by atoms with Crippen LogP contribution in [-0.4, -0.2) is 20.2 Å². The summed E-state index contributed by atoms with van der Waals surface area (Å²) >= 11 is 0. The molecular weight excluding hydrogens is 204 g/mol. The fourth-order valence-corrected chi connectivity index (χ4v) is 2.16. The van der Waals surface area contributed by atoms with Crippen LogP contribution in [0.5, 0.6) is 5.75 Å². The molecule has 0 aliphatic heterocycles. The number of phenols is 1. The molecule has 0 amide bonds. The summed E-state index contributed by atoms with van der Waals surface area (Å²) < 4.78 is 0. The number of rotatable bonds is 0. The first-order valence-corrected chi connectivity index (χ1v) is 5.42. The summed E-state index contributed by atoms with van der Waals surface area (Å²) in [6.45, 7) is 0. The van der Waals surface area contributed by atoms with E-state index in [0.29, 0.717) is 16.7 Å². The number of aliphatic hydroxyl groups is 1. The van der Waals surface area contributed by atoms with Crippen molar-refractivity contribution in [1.29, 1.82) is 0 Å². The Labute approximate surface area is 92.6 Å².